The van der Waals surface area contributed by atoms with Crippen LogP contribution in [0.2, 0.25) is 0 Å². The van der Waals surface area contributed by atoms with Crippen LogP contribution in [0.25, 0.3) is 53.5 Å². The van der Waals surface area contributed by atoms with E-state index >= 15 is 0 Å². The fraction of sp³-hybridized carbons (Fsp3) is 0.286. The standard InChI is InChI=1S/C35H35NS2/c1-20(2)14-33-22(4)27-17-24(12-13-32(27)38-33)28-19-30(36-31-15-21(3)37-34(28)31)25-16-23-10-8-9-11-26(23)29(18-25)35(5,6)7/h8-13,15-20H,14H2,1-7H3. The van der Waals surface area contributed by atoms with Crippen molar-refractivity contribution >= 4 is 53.7 Å². The van der Waals surface area contributed by atoms with Crippen LogP contribution in [-0.4, -0.2) is 4.98 Å². The van der Waals surface area contributed by atoms with Gasteiger partial charge >= 0.3 is 0 Å². The molecule has 3 aromatic heterocycles. The highest BCUT2D eigenvalue weighted by Gasteiger charge is 2.20. The predicted molar refractivity (Wildman–Crippen MR) is 170 cm³/mol. The van der Waals surface area contributed by atoms with E-state index in [1.807, 2.05) is 22.7 Å². The molecule has 192 valence electrons. The molecule has 0 aliphatic carbocycles. The summed E-state index contributed by atoms with van der Waals surface area (Å²) in [7, 11) is 0. The maximum atomic E-state index is 5.21. The van der Waals surface area contributed by atoms with Crippen LogP contribution in [0.3, 0.4) is 0 Å². The van der Waals surface area contributed by atoms with Gasteiger partial charge in [0.25, 0.3) is 0 Å². The summed E-state index contributed by atoms with van der Waals surface area (Å²) >= 11 is 3.81. The summed E-state index contributed by atoms with van der Waals surface area (Å²) in [6, 6.07) is 25.0. The third-order valence-electron chi connectivity index (χ3n) is 7.51. The van der Waals surface area contributed by atoms with Crippen LogP contribution < -0.4 is 0 Å². The highest BCUT2D eigenvalue weighted by molar-refractivity contribution is 7.19. The number of hydrogen-bond acceptors (Lipinski definition) is 3. The molecule has 0 aliphatic heterocycles. The van der Waals surface area contributed by atoms with Crippen LogP contribution in [0.1, 0.15) is 55.5 Å². The molecule has 3 aromatic carbocycles. The van der Waals surface area contributed by atoms with Crippen molar-refractivity contribution in [1.29, 1.82) is 0 Å². The van der Waals surface area contributed by atoms with Crippen molar-refractivity contribution in [3.8, 4) is 22.4 Å². The molecule has 3 heteroatoms. The second-order valence-corrected chi connectivity index (χ2v) is 14.5. The normalized spacial score (nSPS) is 12.4. The maximum absolute atomic E-state index is 5.21. The zero-order chi connectivity index (χ0) is 26.8. The Morgan fingerprint density at radius 1 is 0.816 bits per heavy atom. The molecule has 0 aliphatic rings. The van der Waals surface area contributed by atoms with Gasteiger partial charge in [-0.05, 0) is 101 Å². The molecule has 1 nitrogen and oxygen atoms in total. The molecule has 0 unspecified atom stereocenters. The van der Waals surface area contributed by atoms with Crippen molar-refractivity contribution in [2.75, 3.05) is 0 Å². The number of rotatable bonds is 4. The summed E-state index contributed by atoms with van der Waals surface area (Å²) in [5.74, 6) is 0.664. The average Bonchev–Trinajstić information content (AvgIpc) is 3.40. The number of thiophene rings is 2. The Hall–Kier alpha value is -3.01. The van der Waals surface area contributed by atoms with E-state index in [2.05, 4.69) is 115 Å². The van der Waals surface area contributed by atoms with E-state index in [1.165, 1.54) is 63.1 Å². The molecule has 0 amide bonds. The van der Waals surface area contributed by atoms with Gasteiger partial charge in [-0.1, -0.05) is 65.0 Å². The third-order valence-corrected chi connectivity index (χ3v) is 9.88. The lowest BCUT2D eigenvalue weighted by Gasteiger charge is -2.23. The van der Waals surface area contributed by atoms with E-state index in [0.29, 0.717) is 5.92 Å². The summed E-state index contributed by atoms with van der Waals surface area (Å²) in [6.45, 7) is 16.0. The van der Waals surface area contributed by atoms with E-state index < -0.39 is 0 Å². The average molecular weight is 534 g/mol. The van der Waals surface area contributed by atoms with Gasteiger partial charge in [0.05, 0.1) is 15.9 Å². The molecule has 6 aromatic rings. The van der Waals surface area contributed by atoms with Crippen molar-refractivity contribution in [3.63, 3.8) is 0 Å². The van der Waals surface area contributed by atoms with Crippen molar-refractivity contribution in [2.45, 2.75) is 60.3 Å². The first-order valence-electron chi connectivity index (χ1n) is 13.6. The van der Waals surface area contributed by atoms with Gasteiger partial charge in [-0.25, -0.2) is 4.98 Å². The Morgan fingerprint density at radius 2 is 1.61 bits per heavy atom. The number of benzene rings is 3. The first kappa shape index (κ1) is 25.3. The van der Waals surface area contributed by atoms with Gasteiger partial charge in [0.2, 0.25) is 0 Å². The molecule has 0 N–H and O–H groups in total. The second-order valence-electron chi connectivity index (χ2n) is 12.1. The van der Waals surface area contributed by atoms with Crippen LogP contribution in [0, 0.1) is 19.8 Å². The second kappa shape index (κ2) is 9.32. The highest BCUT2D eigenvalue weighted by atomic mass is 32.1. The quantitative estimate of drug-likeness (QED) is 0.220. The van der Waals surface area contributed by atoms with E-state index in [1.54, 1.807) is 0 Å². The molecular formula is C35H35NS2. The van der Waals surface area contributed by atoms with Crippen LogP contribution in [0.4, 0.5) is 0 Å². The van der Waals surface area contributed by atoms with Crippen LogP contribution in [-0.2, 0) is 11.8 Å². The van der Waals surface area contributed by atoms with E-state index in [9.17, 15) is 0 Å². The van der Waals surface area contributed by atoms with Gasteiger partial charge in [0.15, 0.2) is 0 Å². The number of fused-ring (bicyclic) bond motifs is 3. The summed E-state index contributed by atoms with van der Waals surface area (Å²) in [5, 5.41) is 3.99. The summed E-state index contributed by atoms with van der Waals surface area (Å²) in [5.41, 5.74) is 8.73. The molecular weight excluding hydrogens is 499 g/mol. The van der Waals surface area contributed by atoms with Crippen LogP contribution >= 0.6 is 22.7 Å². The van der Waals surface area contributed by atoms with E-state index in [4.69, 9.17) is 4.98 Å². The maximum Gasteiger partial charge on any atom is 0.0826 e. The van der Waals surface area contributed by atoms with Gasteiger partial charge in [-0.3, -0.25) is 0 Å². The lowest BCUT2D eigenvalue weighted by Crippen LogP contribution is -2.12. The monoisotopic (exact) mass is 533 g/mol. The molecule has 0 fully saturated rings. The van der Waals surface area contributed by atoms with Gasteiger partial charge in [0, 0.05) is 25.6 Å². The predicted octanol–water partition coefficient (Wildman–Crippen LogP) is 11.1. The third kappa shape index (κ3) is 4.46. The minimum absolute atomic E-state index is 0.0384. The number of aryl methyl sites for hydroxylation is 2. The minimum Gasteiger partial charge on any atom is -0.247 e. The van der Waals surface area contributed by atoms with Gasteiger partial charge in [0.1, 0.15) is 0 Å². The zero-order valence-corrected chi connectivity index (χ0v) is 25.0. The van der Waals surface area contributed by atoms with Crippen molar-refractivity contribution in [2.24, 2.45) is 5.92 Å². The molecule has 0 spiro atoms. The highest BCUT2D eigenvalue weighted by Crippen LogP contribution is 2.41. The largest absolute Gasteiger partial charge is 0.247 e. The molecule has 6 rings (SSSR count). The zero-order valence-electron chi connectivity index (χ0n) is 23.4. The lowest BCUT2D eigenvalue weighted by molar-refractivity contribution is 0.596. The fourth-order valence-electron chi connectivity index (χ4n) is 5.59. The topological polar surface area (TPSA) is 12.9 Å². The summed E-state index contributed by atoms with van der Waals surface area (Å²) in [6.07, 6.45) is 1.15. The number of pyridine rings is 1. The van der Waals surface area contributed by atoms with Gasteiger partial charge in [-0.2, -0.15) is 0 Å². The molecule has 0 atom stereocenters. The Morgan fingerprint density at radius 3 is 2.37 bits per heavy atom. The lowest BCUT2D eigenvalue weighted by atomic mass is 9.82. The van der Waals surface area contributed by atoms with Crippen molar-refractivity contribution in [3.05, 3.63) is 87.6 Å². The summed E-state index contributed by atoms with van der Waals surface area (Å²) in [4.78, 5) is 8.03. The van der Waals surface area contributed by atoms with Crippen LogP contribution in [0.5, 0.6) is 0 Å². The molecule has 3 heterocycles. The Balaban J connectivity index is 1.58. The Kier molecular flexibility index (Phi) is 6.20. The number of hydrogen-bond donors (Lipinski definition) is 0. The number of aromatic nitrogens is 1. The Bertz CT molecular complexity index is 1820. The minimum atomic E-state index is 0.0384. The smallest absolute Gasteiger partial charge is 0.0826 e. The van der Waals surface area contributed by atoms with Crippen molar-refractivity contribution in [1.82, 2.24) is 4.98 Å². The summed E-state index contributed by atoms with van der Waals surface area (Å²) < 4.78 is 2.66. The van der Waals surface area contributed by atoms with Crippen molar-refractivity contribution < 1.29 is 0 Å². The fourth-order valence-corrected chi connectivity index (χ4v) is 7.98. The molecule has 0 saturated carbocycles. The SMILES string of the molecule is Cc1cc2nc(-c3cc(C(C)(C)C)c4ccccc4c3)cc(-c3ccc4sc(CC(C)C)c(C)c4c3)c2s1. The van der Waals surface area contributed by atoms with Gasteiger partial charge in [-0.15, -0.1) is 22.7 Å². The van der Waals surface area contributed by atoms with Crippen LogP contribution in [0.15, 0.2) is 66.7 Å². The first-order chi connectivity index (χ1) is 18.1. The first-order valence-corrected chi connectivity index (χ1v) is 15.2. The number of nitrogens with zero attached hydrogens (tertiary/aromatic N) is 1. The molecule has 38 heavy (non-hydrogen) atoms. The van der Waals surface area contributed by atoms with Gasteiger partial charge < -0.3 is 0 Å². The Labute approximate surface area is 234 Å². The molecule has 0 radical (unpaired) electrons. The molecule has 0 bridgehead atoms. The van der Waals surface area contributed by atoms with E-state index in [-0.39, 0.29) is 5.41 Å². The molecule has 0 saturated heterocycles. The van der Waals surface area contributed by atoms with E-state index in [0.717, 1.165) is 17.6 Å².